The molecule has 1 aromatic carbocycles. The van der Waals surface area contributed by atoms with Gasteiger partial charge >= 0.3 is 0 Å². The number of hydrogen-bond donors (Lipinski definition) is 2. The first-order chi connectivity index (χ1) is 9.95. The zero-order chi connectivity index (χ0) is 15.4. The zero-order valence-electron chi connectivity index (χ0n) is 11.5. The monoisotopic (exact) mass is 298 g/mol. The third-order valence-corrected chi connectivity index (χ3v) is 3.13. The van der Waals surface area contributed by atoms with Gasteiger partial charge in [-0.25, -0.2) is 8.78 Å². The normalized spacial score (nSPS) is 17.7. The van der Waals surface area contributed by atoms with Crippen LogP contribution in [0.4, 0.5) is 14.5 Å². The molecule has 0 bridgehead atoms. The Bertz CT molecular complexity index is 549. The Kier molecular flexibility index (Phi) is 4.72. The van der Waals surface area contributed by atoms with Crippen molar-refractivity contribution in [2.24, 2.45) is 0 Å². The summed E-state index contributed by atoms with van der Waals surface area (Å²) >= 11 is 0. The molecule has 2 amide bonds. The lowest BCUT2D eigenvalue weighted by atomic mass is 10.2. The quantitative estimate of drug-likeness (QED) is 0.872. The highest BCUT2D eigenvalue weighted by molar-refractivity contribution is 5.99. The van der Waals surface area contributed by atoms with Gasteiger partial charge in [-0.1, -0.05) is 6.07 Å². The summed E-state index contributed by atoms with van der Waals surface area (Å²) in [6.45, 7) is 1.03. The summed E-state index contributed by atoms with van der Waals surface area (Å²) in [7, 11) is 0. The molecule has 7 heteroatoms. The highest BCUT2D eigenvalue weighted by atomic mass is 19.3. The largest absolute Gasteiger partial charge is 0.487 e. The summed E-state index contributed by atoms with van der Waals surface area (Å²) in [6, 6.07) is 4.26. The standard InChI is InChI=1S/C14H16F2N2O3/c1-8-2-3-9(6-11(8)21-7-12(15)16)17-14(20)10-4-5-13(19)18-10/h2-3,6,10,12H,4-5,7H2,1H3,(H,17,20)(H,18,19)/t10-/m0/s1. The highest BCUT2D eigenvalue weighted by Gasteiger charge is 2.27. The molecule has 1 aliphatic heterocycles. The van der Waals surface area contributed by atoms with Crippen molar-refractivity contribution in [3.8, 4) is 5.75 Å². The van der Waals surface area contributed by atoms with Crippen molar-refractivity contribution in [3.05, 3.63) is 23.8 Å². The minimum absolute atomic E-state index is 0.153. The van der Waals surface area contributed by atoms with Crippen molar-refractivity contribution in [2.75, 3.05) is 11.9 Å². The number of nitrogens with one attached hydrogen (secondary N) is 2. The number of alkyl halides is 2. The van der Waals surface area contributed by atoms with Gasteiger partial charge in [0, 0.05) is 18.2 Å². The van der Waals surface area contributed by atoms with Gasteiger partial charge in [-0.2, -0.15) is 0 Å². The fraction of sp³-hybridized carbons (Fsp3) is 0.429. The minimum Gasteiger partial charge on any atom is -0.487 e. The van der Waals surface area contributed by atoms with Crippen molar-refractivity contribution in [2.45, 2.75) is 32.2 Å². The summed E-state index contributed by atoms with van der Waals surface area (Å²) in [6.07, 6.45) is -1.78. The SMILES string of the molecule is Cc1ccc(NC(=O)[C@@H]2CCC(=O)N2)cc1OCC(F)F. The van der Waals surface area contributed by atoms with Gasteiger partial charge in [-0.15, -0.1) is 0 Å². The number of rotatable bonds is 5. The summed E-state index contributed by atoms with van der Waals surface area (Å²) < 4.78 is 29.3. The molecule has 5 nitrogen and oxygen atoms in total. The Morgan fingerprint density at radius 1 is 1.52 bits per heavy atom. The van der Waals surface area contributed by atoms with Gasteiger partial charge < -0.3 is 15.4 Å². The molecule has 2 N–H and O–H groups in total. The Morgan fingerprint density at radius 3 is 2.90 bits per heavy atom. The van der Waals surface area contributed by atoms with E-state index in [2.05, 4.69) is 10.6 Å². The molecule has 0 unspecified atom stereocenters. The average Bonchev–Trinajstić information content (AvgIpc) is 2.86. The van der Waals surface area contributed by atoms with Crippen LogP contribution in [0.3, 0.4) is 0 Å². The summed E-state index contributed by atoms with van der Waals surface area (Å²) in [5.74, 6) is -0.187. The van der Waals surface area contributed by atoms with E-state index in [1.54, 1.807) is 19.1 Å². The topological polar surface area (TPSA) is 67.4 Å². The molecule has 1 saturated heterocycles. The molecule has 0 aromatic heterocycles. The molecule has 1 heterocycles. The van der Waals surface area contributed by atoms with Crippen LogP contribution in [-0.2, 0) is 9.59 Å². The molecule has 0 saturated carbocycles. The summed E-state index contributed by atoms with van der Waals surface area (Å²) in [4.78, 5) is 23.0. The van der Waals surface area contributed by atoms with Crippen molar-refractivity contribution in [1.82, 2.24) is 5.32 Å². The van der Waals surface area contributed by atoms with Crippen LogP contribution >= 0.6 is 0 Å². The molecule has 1 aliphatic rings. The second-order valence-corrected chi connectivity index (χ2v) is 4.83. The maximum absolute atomic E-state index is 12.2. The number of carbonyl (C=O) groups excluding carboxylic acids is 2. The van der Waals surface area contributed by atoms with E-state index in [1.165, 1.54) is 6.07 Å². The van der Waals surface area contributed by atoms with Gasteiger partial charge in [0.05, 0.1) is 0 Å². The first kappa shape index (κ1) is 15.2. The first-order valence-electron chi connectivity index (χ1n) is 6.57. The van der Waals surface area contributed by atoms with E-state index in [-0.39, 0.29) is 11.8 Å². The van der Waals surface area contributed by atoms with Crippen LogP contribution in [0.15, 0.2) is 18.2 Å². The molecule has 2 rings (SSSR count). The number of carbonyl (C=O) groups is 2. The maximum Gasteiger partial charge on any atom is 0.272 e. The van der Waals surface area contributed by atoms with E-state index in [4.69, 9.17) is 4.74 Å². The van der Waals surface area contributed by atoms with Gasteiger partial charge in [-0.05, 0) is 25.0 Å². The Hall–Kier alpha value is -2.18. The van der Waals surface area contributed by atoms with E-state index >= 15 is 0 Å². The van der Waals surface area contributed by atoms with Crippen LogP contribution in [0.5, 0.6) is 5.75 Å². The van der Waals surface area contributed by atoms with Gasteiger partial charge in [0.25, 0.3) is 6.43 Å². The fourth-order valence-corrected chi connectivity index (χ4v) is 2.03. The van der Waals surface area contributed by atoms with Gasteiger partial charge in [-0.3, -0.25) is 9.59 Å². The molecule has 1 fully saturated rings. The number of ether oxygens (including phenoxy) is 1. The third kappa shape index (κ3) is 4.14. The Balaban J connectivity index is 2.01. The molecule has 0 spiro atoms. The molecular weight excluding hydrogens is 282 g/mol. The van der Waals surface area contributed by atoms with Gasteiger partial charge in [0.15, 0.2) is 0 Å². The first-order valence-corrected chi connectivity index (χ1v) is 6.57. The van der Waals surface area contributed by atoms with Crippen LogP contribution in [0.2, 0.25) is 0 Å². The highest BCUT2D eigenvalue weighted by Crippen LogP contribution is 2.23. The number of anilines is 1. The van der Waals surface area contributed by atoms with E-state index in [0.717, 1.165) is 0 Å². The molecule has 114 valence electrons. The molecule has 1 aromatic rings. The van der Waals surface area contributed by atoms with Crippen molar-refractivity contribution in [1.29, 1.82) is 0 Å². The fourth-order valence-electron chi connectivity index (χ4n) is 2.03. The lowest BCUT2D eigenvalue weighted by Crippen LogP contribution is -2.37. The Labute approximate surface area is 120 Å². The van der Waals surface area contributed by atoms with Crippen molar-refractivity contribution in [3.63, 3.8) is 0 Å². The molecule has 0 aliphatic carbocycles. The zero-order valence-corrected chi connectivity index (χ0v) is 11.5. The van der Waals surface area contributed by atoms with Crippen molar-refractivity contribution < 1.29 is 23.1 Å². The second kappa shape index (κ2) is 6.51. The van der Waals surface area contributed by atoms with Crippen molar-refractivity contribution >= 4 is 17.5 Å². The van der Waals surface area contributed by atoms with Crippen LogP contribution in [0.25, 0.3) is 0 Å². The second-order valence-electron chi connectivity index (χ2n) is 4.83. The van der Waals surface area contributed by atoms with E-state index in [0.29, 0.717) is 29.8 Å². The summed E-state index contributed by atoms with van der Waals surface area (Å²) in [5.41, 5.74) is 1.14. The number of aryl methyl sites for hydroxylation is 1. The lowest BCUT2D eigenvalue weighted by Gasteiger charge is -2.13. The minimum atomic E-state index is -2.56. The smallest absolute Gasteiger partial charge is 0.272 e. The van der Waals surface area contributed by atoms with E-state index in [9.17, 15) is 18.4 Å². The molecule has 1 atom stereocenters. The maximum atomic E-state index is 12.2. The number of halogens is 2. The number of hydrogen-bond acceptors (Lipinski definition) is 3. The average molecular weight is 298 g/mol. The van der Waals surface area contributed by atoms with Crippen LogP contribution in [0.1, 0.15) is 18.4 Å². The molecular formula is C14H16F2N2O3. The third-order valence-electron chi connectivity index (χ3n) is 3.13. The van der Waals surface area contributed by atoms with E-state index in [1.807, 2.05) is 0 Å². The summed E-state index contributed by atoms with van der Waals surface area (Å²) in [5, 5.41) is 5.20. The van der Waals surface area contributed by atoms with Gasteiger partial charge in [0.2, 0.25) is 11.8 Å². The number of benzene rings is 1. The van der Waals surface area contributed by atoms with E-state index < -0.39 is 19.1 Å². The lowest BCUT2D eigenvalue weighted by molar-refractivity contribution is -0.122. The molecule has 21 heavy (non-hydrogen) atoms. The predicted octanol–water partition coefficient (Wildman–Crippen LogP) is 1.86. The van der Waals surface area contributed by atoms with Gasteiger partial charge in [0.1, 0.15) is 18.4 Å². The van der Waals surface area contributed by atoms with Crippen LogP contribution in [-0.4, -0.2) is 30.9 Å². The predicted molar refractivity (Wildman–Crippen MR) is 72.5 cm³/mol. The number of amides is 2. The Morgan fingerprint density at radius 2 is 2.29 bits per heavy atom. The van der Waals surface area contributed by atoms with Crippen LogP contribution in [0, 0.1) is 6.92 Å². The van der Waals surface area contributed by atoms with Crippen LogP contribution < -0.4 is 15.4 Å². The molecule has 0 radical (unpaired) electrons.